The number of fused-ring (bicyclic) bond motifs is 1. The largest absolute Gasteiger partial charge is 0.496 e. The van der Waals surface area contributed by atoms with Gasteiger partial charge in [-0.15, -0.1) is 0 Å². The maximum absolute atomic E-state index is 13.9. The Labute approximate surface area is 180 Å². The summed E-state index contributed by atoms with van der Waals surface area (Å²) in [6.07, 6.45) is 2.65. The van der Waals surface area contributed by atoms with Crippen LogP contribution in [-0.4, -0.2) is 47.7 Å². The van der Waals surface area contributed by atoms with Gasteiger partial charge in [0.05, 0.1) is 19.8 Å². The van der Waals surface area contributed by atoms with Gasteiger partial charge in [-0.1, -0.05) is 24.3 Å². The standard InChI is InChI=1S/C24H26FNO5/c1-5-31-22(27)13-12-21-24(29,19-11-10-16(25)14-20(19)30-4)18-9-7-6-8-17(18)23(28)26(21)15(2)3/h6-15,21,29H,5H2,1-4H3. The lowest BCUT2D eigenvalue weighted by Crippen LogP contribution is -2.59. The highest BCUT2D eigenvalue weighted by Crippen LogP contribution is 2.46. The summed E-state index contributed by atoms with van der Waals surface area (Å²) in [5.74, 6) is -1.27. The molecule has 0 fully saturated rings. The van der Waals surface area contributed by atoms with E-state index in [2.05, 4.69) is 0 Å². The number of rotatable bonds is 6. The number of methoxy groups -OCH3 is 1. The monoisotopic (exact) mass is 427 g/mol. The van der Waals surface area contributed by atoms with Crippen molar-refractivity contribution in [3.63, 3.8) is 0 Å². The molecule has 0 radical (unpaired) electrons. The van der Waals surface area contributed by atoms with Crippen LogP contribution in [0.1, 0.15) is 42.3 Å². The van der Waals surface area contributed by atoms with Gasteiger partial charge in [0, 0.05) is 34.9 Å². The van der Waals surface area contributed by atoms with Gasteiger partial charge in [0.15, 0.2) is 0 Å². The summed E-state index contributed by atoms with van der Waals surface area (Å²) >= 11 is 0. The predicted octanol–water partition coefficient (Wildman–Crippen LogP) is 3.42. The van der Waals surface area contributed by atoms with Crippen LogP contribution in [0.25, 0.3) is 0 Å². The van der Waals surface area contributed by atoms with Gasteiger partial charge >= 0.3 is 5.97 Å². The van der Waals surface area contributed by atoms with E-state index in [1.165, 1.54) is 42.4 Å². The second-order valence-corrected chi connectivity index (χ2v) is 7.52. The first kappa shape index (κ1) is 22.5. The molecule has 2 aromatic carbocycles. The molecule has 164 valence electrons. The topological polar surface area (TPSA) is 76.1 Å². The van der Waals surface area contributed by atoms with E-state index in [1.54, 1.807) is 31.2 Å². The second kappa shape index (κ2) is 8.89. The first-order valence-corrected chi connectivity index (χ1v) is 10.1. The molecular weight excluding hydrogens is 401 g/mol. The fraction of sp³-hybridized carbons (Fsp3) is 0.333. The number of halogens is 1. The zero-order valence-corrected chi connectivity index (χ0v) is 18.0. The van der Waals surface area contributed by atoms with Gasteiger partial charge in [0.1, 0.15) is 17.2 Å². The maximum atomic E-state index is 13.9. The molecule has 2 atom stereocenters. The number of amides is 1. The molecule has 7 heteroatoms. The van der Waals surface area contributed by atoms with E-state index in [1.807, 2.05) is 13.8 Å². The highest BCUT2D eigenvalue weighted by molar-refractivity contribution is 5.98. The fourth-order valence-electron chi connectivity index (χ4n) is 4.06. The molecule has 3 rings (SSSR count). The van der Waals surface area contributed by atoms with Crippen molar-refractivity contribution in [1.29, 1.82) is 0 Å². The molecule has 0 bridgehead atoms. The summed E-state index contributed by atoms with van der Waals surface area (Å²) < 4.78 is 24.3. The van der Waals surface area contributed by atoms with Crippen LogP contribution in [-0.2, 0) is 15.1 Å². The average Bonchev–Trinajstić information content (AvgIpc) is 2.74. The zero-order valence-electron chi connectivity index (χ0n) is 18.0. The lowest BCUT2D eigenvalue weighted by Gasteiger charge is -2.48. The summed E-state index contributed by atoms with van der Waals surface area (Å²) in [4.78, 5) is 26.9. The van der Waals surface area contributed by atoms with Crippen molar-refractivity contribution in [1.82, 2.24) is 4.90 Å². The summed E-state index contributed by atoms with van der Waals surface area (Å²) in [7, 11) is 1.38. The normalized spacial score (nSPS) is 20.8. The molecule has 0 aromatic heterocycles. The molecule has 2 unspecified atom stereocenters. The highest BCUT2D eigenvalue weighted by atomic mass is 19.1. The molecule has 31 heavy (non-hydrogen) atoms. The van der Waals surface area contributed by atoms with Crippen molar-refractivity contribution in [2.24, 2.45) is 0 Å². The number of ether oxygens (including phenoxy) is 2. The smallest absolute Gasteiger partial charge is 0.330 e. The number of hydrogen-bond acceptors (Lipinski definition) is 5. The van der Waals surface area contributed by atoms with Gasteiger partial charge < -0.3 is 19.5 Å². The molecule has 2 aromatic rings. The number of benzene rings is 2. The maximum Gasteiger partial charge on any atom is 0.330 e. The average molecular weight is 427 g/mol. The lowest BCUT2D eigenvalue weighted by molar-refractivity contribution is -0.137. The van der Waals surface area contributed by atoms with Crippen LogP contribution in [0.3, 0.4) is 0 Å². The third-order valence-electron chi connectivity index (χ3n) is 5.36. The summed E-state index contributed by atoms with van der Waals surface area (Å²) in [6.45, 7) is 5.52. The Kier molecular flexibility index (Phi) is 6.45. The van der Waals surface area contributed by atoms with Gasteiger partial charge in [-0.3, -0.25) is 4.79 Å². The van der Waals surface area contributed by atoms with Crippen LogP contribution in [0.4, 0.5) is 4.39 Å². The van der Waals surface area contributed by atoms with Gasteiger partial charge in [-0.05, 0) is 39.0 Å². The van der Waals surface area contributed by atoms with Crippen molar-refractivity contribution in [2.45, 2.75) is 38.5 Å². The van der Waals surface area contributed by atoms with Crippen LogP contribution in [0, 0.1) is 5.82 Å². The number of carbonyl (C=O) groups excluding carboxylic acids is 2. The molecule has 1 aliphatic rings. The van der Waals surface area contributed by atoms with E-state index in [0.717, 1.165) is 0 Å². The minimum atomic E-state index is -1.81. The molecule has 0 saturated carbocycles. The number of carbonyl (C=O) groups is 2. The van der Waals surface area contributed by atoms with Gasteiger partial charge in [0.25, 0.3) is 5.91 Å². The van der Waals surface area contributed by atoms with Gasteiger partial charge in [-0.2, -0.15) is 0 Å². The summed E-state index contributed by atoms with van der Waals surface area (Å²) in [6, 6.07) is 9.27. The SMILES string of the molecule is CCOC(=O)C=CC1N(C(C)C)C(=O)c2ccccc2C1(O)c1ccc(F)cc1OC. The molecule has 1 N–H and O–H groups in total. The molecule has 0 aliphatic carbocycles. The Bertz CT molecular complexity index is 1020. The first-order chi connectivity index (χ1) is 14.7. The van der Waals surface area contributed by atoms with Gasteiger partial charge in [-0.25, -0.2) is 9.18 Å². The molecule has 1 amide bonds. The van der Waals surface area contributed by atoms with Crippen LogP contribution >= 0.6 is 0 Å². The van der Waals surface area contributed by atoms with Crippen LogP contribution < -0.4 is 4.74 Å². The van der Waals surface area contributed by atoms with Crippen LogP contribution in [0.15, 0.2) is 54.6 Å². The minimum Gasteiger partial charge on any atom is -0.496 e. The fourth-order valence-corrected chi connectivity index (χ4v) is 4.06. The van der Waals surface area contributed by atoms with E-state index < -0.39 is 23.4 Å². The number of aliphatic hydroxyl groups is 1. The van der Waals surface area contributed by atoms with E-state index >= 15 is 0 Å². The van der Waals surface area contributed by atoms with E-state index in [9.17, 15) is 19.1 Å². The third-order valence-corrected chi connectivity index (χ3v) is 5.36. The molecule has 0 saturated heterocycles. The predicted molar refractivity (Wildman–Crippen MR) is 113 cm³/mol. The van der Waals surface area contributed by atoms with Crippen molar-refractivity contribution in [3.8, 4) is 5.75 Å². The Balaban J connectivity index is 2.32. The highest BCUT2D eigenvalue weighted by Gasteiger charge is 2.52. The molecule has 1 aliphatic heterocycles. The van der Waals surface area contributed by atoms with Gasteiger partial charge in [0.2, 0.25) is 0 Å². The van der Waals surface area contributed by atoms with Crippen molar-refractivity contribution in [2.75, 3.05) is 13.7 Å². The Hall–Kier alpha value is -3.19. The Morgan fingerprint density at radius 1 is 1.26 bits per heavy atom. The minimum absolute atomic E-state index is 0.130. The van der Waals surface area contributed by atoms with Crippen molar-refractivity contribution < 1.29 is 28.6 Å². The van der Waals surface area contributed by atoms with Crippen LogP contribution in [0.2, 0.25) is 0 Å². The number of nitrogens with zero attached hydrogens (tertiary/aromatic N) is 1. The lowest BCUT2D eigenvalue weighted by atomic mass is 9.73. The van der Waals surface area contributed by atoms with Crippen molar-refractivity contribution >= 4 is 11.9 Å². The third kappa shape index (κ3) is 3.93. The molecule has 1 heterocycles. The van der Waals surface area contributed by atoms with Crippen LogP contribution in [0.5, 0.6) is 5.75 Å². The Morgan fingerprint density at radius 2 is 1.97 bits per heavy atom. The van der Waals surface area contributed by atoms with Crippen molar-refractivity contribution in [3.05, 3.63) is 77.1 Å². The summed E-state index contributed by atoms with van der Waals surface area (Å²) in [5, 5.41) is 12.2. The summed E-state index contributed by atoms with van der Waals surface area (Å²) in [5.41, 5.74) is -0.858. The number of esters is 1. The quantitative estimate of drug-likeness (QED) is 0.565. The number of hydrogen-bond donors (Lipinski definition) is 1. The first-order valence-electron chi connectivity index (χ1n) is 10.1. The second-order valence-electron chi connectivity index (χ2n) is 7.52. The van der Waals surface area contributed by atoms with E-state index in [0.29, 0.717) is 11.1 Å². The molecule has 0 spiro atoms. The molecule has 6 nitrogen and oxygen atoms in total. The Morgan fingerprint density at radius 3 is 2.61 bits per heavy atom. The van der Waals surface area contributed by atoms with E-state index in [-0.39, 0.29) is 29.9 Å². The molecular formula is C24H26FNO5. The zero-order chi connectivity index (χ0) is 22.8. The van der Waals surface area contributed by atoms with E-state index in [4.69, 9.17) is 9.47 Å².